The molecule has 0 radical (unpaired) electrons. The maximum absolute atomic E-state index is 11.7. The van der Waals surface area contributed by atoms with Crippen LogP contribution in [0.2, 0.25) is 0 Å². The van der Waals surface area contributed by atoms with E-state index in [4.69, 9.17) is 0 Å². The SMILES string of the molecule is CC(C)c1nc(NC2CCN3CCCC23)cc(=O)[nH]1. The summed E-state index contributed by atoms with van der Waals surface area (Å²) < 4.78 is 0. The molecule has 19 heavy (non-hydrogen) atoms. The third-order valence-electron chi connectivity index (χ3n) is 4.25. The number of hydrogen-bond donors (Lipinski definition) is 2. The Kier molecular flexibility index (Phi) is 3.31. The highest BCUT2D eigenvalue weighted by molar-refractivity contribution is 5.36. The van der Waals surface area contributed by atoms with Crippen LogP contribution in [0.1, 0.15) is 44.9 Å². The third-order valence-corrected chi connectivity index (χ3v) is 4.25. The van der Waals surface area contributed by atoms with E-state index in [0.717, 1.165) is 18.1 Å². The summed E-state index contributed by atoms with van der Waals surface area (Å²) in [7, 11) is 0. The lowest BCUT2D eigenvalue weighted by Gasteiger charge is -2.22. The van der Waals surface area contributed by atoms with Crippen molar-refractivity contribution < 1.29 is 0 Å². The number of fused-ring (bicyclic) bond motifs is 1. The molecule has 2 aliphatic heterocycles. The molecule has 1 aromatic rings. The summed E-state index contributed by atoms with van der Waals surface area (Å²) in [6, 6.07) is 2.64. The van der Waals surface area contributed by atoms with E-state index >= 15 is 0 Å². The Morgan fingerprint density at radius 2 is 2.26 bits per heavy atom. The largest absolute Gasteiger partial charge is 0.365 e. The first-order valence-electron chi connectivity index (χ1n) is 7.25. The summed E-state index contributed by atoms with van der Waals surface area (Å²) in [5.41, 5.74) is -0.0672. The van der Waals surface area contributed by atoms with Crippen molar-refractivity contribution >= 4 is 5.82 Å². The van der Waals surface area contributed by atoms with Gasteiger partial charge in [-0.15, -0.1) is 0 Å². The number of aromatic nitrogens is 2. The summed E-state index contributed by atoms with van der Waals surface area (Å²) in [5, 5.41) is 3.48. The van der Waals surface area contributed by atoms with Gasteiger partial charge in [-0.1, -0.05) is 13.8 Å². The molecule has 0 amide bonds. The first-order valence-corrected chi connectivity index (χ1v) is 7.25. The molecular formula is C14H22N4O. The number of nitrogens with zero attached hydrogens (tertiary/aromatic N) is 2. The Balaban J connectivity index is 1.78. The molecule has 0 aliphatic carbocycles. The molecule has 0 saturated carbocycles. The predicted molar refractivity (Wildman–Crippen MR) is 75.6 cm³/mol. The van der Waals surface area contributed by atoms with Gasteiger partial charge < -0.3 is 10.3 Å². The van der Waals surface area contributed by atoms with E-state index in [2.05, 4.69) is 20.2 Å². The standard InChI is InChI=1S/C14H22N4O/c1-9(2)14-16-12(8-13(19)17-14)15-10-5-7-18-6-3-4-11(10)18/h8-11H,3-7H2,1-2H3,(H2,15,16,17,19). The molecule has 2 saturated heterocycles. The Hall–Kier alpha value is -1.36. The lowest BCUT2D eigenvalue weighted by molar-refractivity contribution is 0.318. The topological polar surface area (TPSA) is 61.0 Å². The van der Waals surface area contributed by atoms with Crippen molar-refractivity contribution in [3.8, 4) is 0 Å². The lowest BCUT2D eigenvalue weighted by Crippen LogP contribution is -2.34. The van der Waals surface area contributed by atoms with Crippen LogP contribution < -0.4 is 10.9 Å². The molecule has 3 heterocycles. The predicted octanol–water partition coefficient (Wildman–Crippen LogP) is 1.54. The molecule has 0 spiro atoms. The maximum Gasteiger partial charge on any atom is 0.252 e. The van der Waals surface area contributed by atoms with Crippen LogP contribution in [0, 0.1) is 0 Å². The molecule has 2 unspecified atom stereocenters. The van der Waals surface area contributed by atoms with Gasteiger partial charge in [0.15, 0.2) is 0 Å². The normalized spacial score (nSPS) is 26.9. The molecule has 2 aliphatic rings. The van der Waals surface area contributed by atoms with Crippen molar-refractivity contribution in [2.45, 2.75) is 51.1 Å². The van der Waals surface area contributed by atoms with E-state index in [-0.39, 0.29) is 11.5 Å². The number of aromatic amines is 1. The van der Waals surface area contributed by atoms with Gasteiger partial charge >= 0.3 is 0 Å². The van der Waals surface area contributed by atoms with Gasteiger partial charge in [-0.2, -0.15) is 0 Å². The molecule has 1 aromatic heterocycles. The van der Waals surface area contributed by atoms with E-state index in [9.17, 15) is 4.79 Å². The second-order valence-corrected chi connectivity index (χ2v) is 5.96. The summed E-state index contributed by atoms with van der Waals surface area (Å²) in [6.07, 6.45) is 3.71. The van der Waals surface area contributed by atoms with Crippen molar-refractivity contribution in [1.29, 1.82) is 0 Å². The third kappa shape index (κ3) is 2.52. The van der Waals surface area contributed by atoms with Crippen LogP contribution >= 0.6 is 0 Å². The van der Waals surface area contributed by atoms with Crippen molar-refractivity contribution in [3.05, 3.63) is 22.2 Å². The Morgan fingerprint density at radius 1 is 1.42 bits per heavy atom. The van der Waals surface area contributed by atoms with Crippen LogP contribution in [0.3, 0.4) is 0 Å². The van der Waals surface area contributed by atoms with Crippen molar-refractivity contribution in [3.63, 3.8) is 0 Å². The van der Waals surface area contributed by atoms with Gasteiger partial charge in [0.05, 0.1) is 0 Å². The van der Waals surface area contributed by atoms with Crippen LogP contribution in [0.4, 0.5) is 5.82 Å². The molecular weight excluding hydrogens is 240 g/mol. The molecule has 5 heteroatoms. The van der Waals surface area contributed by atoms with Crippen LogP contribution in [0.5, 0.6) is 0 Å². The second-order valence-electron chi connectivity index (χ2n) is 5.96. The molecule has 2 atom stereocenters. The van der Waals surface area contributed by atoms with Gasteiger partial charge in [0.1, 0.15) is 11.6 Å². The quantitative estimate of drug-likeness (QED) is 0.867. The van der Waals surface area contributed by atoms with Gasteiger partial charge in [0, 0.05) is 30.6 Å². The summed E-state index contributed by atoms with van der Waals surface area (Å²) >= 11 is 0. The van der Waals surface area contributed by atoms with E-state index < -0.39 is 0 Å². The van der Waals surface area contributed by atoms with E-state index in [1.165, 1.54) is 25.9 Å². The molecule has 2 N–H and O–H groups in total. The zero-order valence-electron chi connectivity index (χ0n) is 11.6. The highest BCUT2D eigenvalue weighted by Crippen LogP contribution is 2.29. The minimum absolute atomic E-state index is 0.0672. The number of rotatable bonds is 3. The van der Waals surface area contributed by atoms with Crippen molar-refractivity contribution in [1.82, 2.24) is 14.9 Å². The summed E-state index contributed by atoms with van der Waals surface area (Å²) in [4.78, 5) is 21.5. The summed E-state index contributed by atoms with van der Waals surface area (Å²) in [6.45, 7) is 6.47. The number of H-pyrrole nitrogens is 1. The van der Waals surface area contributed by atoms with Crippen molar-refractivity contribution in [2.24, 2.45) is 0 Å². The maximum atomic E-state index is 11.7. The average molecular weight is 262 g/mol. The zero-order valence-corrected chi connectivity index (χ0v) is 11.6. The van der Waals surface area contributed by atoms with Gasteiger partial charge in [-0.3, -0.25) is 9.69 Å². The first-order chi connectivity index (χ1) is 9.13. The fourth-order valence-electron chi connectivity index (χ4n) is 3.26. The molecule has 2 fully saturated rings. The highest BCUT2D eigenvalue weighted by atomic mass is 16.1. The fourth-order valence-corrected chi connectivity index (χ4v) is 3.26. The molecule has 104 valence electrons. The molecule has 5 nitrogen and oxygen atoms in total. The number of hydrogen-bond acceptors (Lipinski definition) is 4. The van der Waals surface area contributed by atoms with E-state index in [0.29, 0.717) is 12.1 Å². The average Bonchev–Trinajstić information content (AvgIpc) is 2.93. The first kappa shape index (κ1) is 12.7. The Labute approximate surface area is 113 Å². The van der Waals surface area contributed by atoms with Crippen LogP contribution in [-0.4, -0.2) is 40.0 Å². The monoisotopic (exact) mass is 262 g/mol. The second kappa shape index (κ2) is 4.96. The minimum atomic E-state index is -0.0672. The van der Waals surface area contributed by atoms with E-state index in [1.807, 2.05) is 13.8 Å². The van der Waals surface area contributed by atoms with Crippen LogP contribution in [0.15, 0.2) is 10.9 Å². The van der Waals surface area contributed by atoms with Crippen LogP contribution in [-0.2, 0) is 0 Å². The van der Waals surface area contributed by atoms with Crippen LogP contribution in [0.25, 0.3) is 0 Å². The van der Waals surface area contributed by atoms with Gasteiger partial charge in [0.25, 0.3) is 5.56 Å². The van der Waals surface area contributed by atoms with Crippen molar-refractivity contribution in [2.75, 3.05) is 18.4 Å². The van der Waals surface area contributed by atoms with Gasteiger partial charge in [0.2, 0.25) is 0 Å². The summed E-state index contributed by atoms with van der Waals surface area (Å²) in [5.74, 6) is 1.73. The molecule has 3 rings (SSSR count). The molecule has 0 bridgehead atoms. The van der Waals surface area contributed by atoms with Gasteiger partial charge in [-0.25, -0.2) is 4.98 Å². The highest BCUT2D eigenvalue weighted by Gasteiger charge is 2.37. The Morgan fingerprint density at radius 3 is 3.05 bits per heavy atom. The van der Waals surface area contributed by atoms with E-state index in [1.54, 1.807) is 6.07 Å². The smallest absolute Gasteiger partial charge is 0.252 e. The number of nitrogens with one attached hydrogen (secondary N) is 2. The fraction of sp³-hybridized carbons (Fsp3) is 0.714. The van der Waals surface area contributed by atoms with Gasteiger partial charge in [-0.05, 0) is 25.8 Å². The lowest BCUT2D eigenvalue weighted by atomic mass is 10.1. The zero-order chi connectivity index (χ0) is 13.4. The molecule has 0 aromatic carbocycles. The minimum Gasteiger partial charge on any atom is -0.365 e. The Bertz CT molecular complexity index is 510. The number of anilines is 1.